The second-order valence-electron chi connectivity index (χ2n) is 5.92. The van der Waals surface area contributed by atoms with Crippen LogP contribution in [0.2, 0.25) is 5.02 Å². The topological polar surface area (TPSA) is 110 Å². The van der Waals surface area contributed by atoms with E-state index in [4.69, 9.17) is 16.3 Å². The van der Waals surface area contributed by atoms with Gasteiger partial charge in [-0.25, -0.2) is 13.1 Å². The van der Waals surface area contributed by atoms with Gasteiger partial charge in [0, 0.05) is 6.04 Å². The summed E-state index contributed by atoms with van der Waals surface area (Å²) < 4.78 is 32.6. The first kappa shape index (κ1) is 21.2. The lowest BCUT2D eigenvalue weighted by Crippen LogP contribution is -2.26. The highest BCUT2D eigenvalue weighted by Gasteiger charge is 2.24. The summed E-state index contributed by atoms with van der Waals surface area (Å²) in [6.07, 6.45) is 0. The predicted octanol–water partition coefficient (Wildman–Crippen LogP) is 3.49. The van der Waals surface area contributed by atoms with Gasteiger partial charge < -0.3 is 4.74 Å². The van der Waals surface area contributed by atoms with Gasteiger partial charge in [-0.1, -0.05) is 47.2 Å². The van der Waals surface area contributed by atoms with E-state index in [-0.39, 0.29) is 20.1 Å². The third-order valence-corrected chi connectivity index (χ3v) is 7.00. The van der Waals surface area contributed by atoms with E-state index in [1.165, 1.54) is 0 Å². The Kier molecular flexibility index (Phi) is 6.48. The molecule has 1 amide bonds. The summed E-state index contributed by atoms with van der Waals surface area (Å²) in [6.45, 7) is 1.71. The number of amides is 1. The van der Waals surface area contributed by atoms with Crippen molar-refractivity contribution in [1.82, 2.24) is 14.9 Å². The minimum absolute atomic E-state index is 0.0485. The Bertz CT molecular complexity index is 1120. The largest absolute Gasteiger partial charge is 0.497 e. The van der Waals surface area contributed by atoms with Crippen LogP contribution in [0.15, 0.2) is 52.9 Å². The lowest BCUT2D eigenvalue weighted by Gasteiger charge is -2.13. The fourth-order valence-electron chi connectivity index (χ4n) is 2.42. The lowest BCUT2D eigenvalue weighted by atomic mass is 10.1. The molecule has 0 aliphatic carbocycles. The zero-order chi connectivity index (χ0) is 21.0. The van der Waals surface area contributed by atoms with Crippen molar-refractivity contribution in [2.75, 3.05) is 12.4 Å². The molecule has 0 spiro atoms. The maximum atomic E-state index is 12.6. The molecule has 0 unspecified atom stereocenters. The second kappa shape index (κ2) is 8.87. The number of carbonyl (C=O) groups is 1. The Morgan fingerprint density at radius 3 is 2.48 bits per heavy atom. The molecule has 0 fully saturated rings. The Balaban J connectivity index is 1.71. The molecule has 29 heavy (non-hydrogen) atoms. The monoisotopic (exact) mass is 452 g/mol. The number of benzene rings is 2. The fraction of sp³-hybridized carbons (Fsp3) is 0.167. The molecule has 1 aromatic heterocycles. The molecule has 1 heterocycles. The van der Waals surface area contributed by atoms with Crippen LogP contribution in [0.4, 0.5) is 5.13 Å². The van der Waals surface area contributed by atoms with E-state index in [2.05, 4.69) is 20.2 Å². The predicted molar refractivity (Wildman–Crippen MR) is 111 cm³/mol. The molecule has 0 saturated carbocycles. The van der Waals surface area contributed by atoms with Gasteiger partial charge in [0.2, 0.25) is 9.47 Å². The van der Waals surface area contributed by atoms with Gasteiger partial charge in [0.05, 0.1) is 17.7 Å². The second-order valence-corrected chi connectivity index (χ2v) is 9.20. The molecule has 3 rings (SSSR count). The number of hydrogen-bond acceptors (Lipinski definition) is 7. The highest BCUT2D eigenvalue weighted by atomic mass is 35.5. The molecular weight excluding hydrogens is 436 g/mol. The zero-order valence-electron chi connectivity index (χ0n) is 15.4. The Labute approximate surface area is 176 Å². The summed E-state index contributed by atoms with van der Waals surface area (Å²) in [7, 11) is -2.37. The van der Waals surface area contributed by atoms with Crippen LogP contribution in [0.25, 0.3) is 0 Å². The van der Waals surface area contributed by atoms with E-state index in [0.29, 0.717) is 5.75 Å². The maximum Gasteiger partial charge on any atom is 0.270 e. The average Bonchev–Trinajstić information content (AvgIpc) is 3.17. The van der Waals surface area contributed by atoms with Gasteiger partial charge in [-0.3, -0.25) is 10.1 Å². The van der Waals surface area contributed by atoms with Crippen molar-refractivity contribution >= 4 is 44.0 Å². The van der Waals surface area contributed by atoms with E-state index in [0.717, 1.165) is 16.9 Å². The first-order valence-electron chi connectivity index (χ1n) is 8.36. The first-order valence-corrected chi connectivity index (χ1v) is 11.0. The number of hydrogen-bond donors (Lipinski definition) is 2. The average molecular weight is 453 g/mol. The van der Waals surface area contributed by atoms with Crippen LogP contribution < -0.4 is 14.8 Å². The molecule has 3 aromatic rings. The van der Waals surface area contributed by atoms with Crippen LogP contribution in [0.1, 0.15) is 28.9 Å². The number of halogens is 1. The molecule has 2 N–H and O–H groups in total. The van der Waals surface area contributed by atoms with Crippen LogP contribution in [0, 0.1) is 0 Å². The molecule has 8 nitrogen and oxygen atoms in total. The summed E-state index contributed by atoms with van der Waals surface area (Å²) in [6, 6.07) is 13.0. The third-order valence-electron chi connectivity index (χ3n) is 3.92. The zero-order valence-corrected chi connectivity index (χ0v) is 17.8. The van der Waals surface area contributed by atoms with Crippen LogP contribution >= 0.6 is 22.9 Å². The molecule has 2 aromatic carbocycles. The highest BCUT2D eigenvalue weighted by Crippen LogP contribution is 2.24. The maximum absolute atomic E-state index is 12.6. The number of rotatable bonds is 7. The molecular formula is C18H17ClN4O4S2. The van der Waals surface area contributed by atoms with Gasteiger partial charge in [0.1, 0.15) is 5.75 Å². The number of anilines is 1. The van der Waals surface area contributed by atoms with Crippen molar-refractivity contribution in [2.24, 2.45) is 0 Å². The number of ether oxygens (including phenoxy) is 1. The Morgan fingerprint density at radius 2 is 1.83 bits per heavy atom. The van der Waals surface area contributed by atoms with E-state index in [1.807, 2.05) is 0 Å². The number of carbonyl (C=O) groups excluding carboxylic acids is 1. The van der Waals surface area contributed by atoms with E-state index < -0.39 is 22.0 Å². The Morgan fingerprint density at radius 1 is 1.14 bits per heavy atom. The lowest BCUT2D eigenvalue weighted by molar-refractivity contribution is 0.102. The minimum atomic E-state index is -3.92. The van der Waals surface area contributed by atoms with Crippen LogP contribution in [-0.4, -0.2) is 31.6 Å². The van der Waals surface area contributed by atoms with Crippen molar-refractivity contribution in [3.05, 3.63) is 64.7 Å². The molecule has 0 radical (unpaired) electrons. The summed E-state index contributed by atoms with van der Waals surface area (Å²) in [5, 5.41) is 10.2. The quantitative estimate of drug-likeness (QED) is 0.531. The molecule has 0 aliphatic heterocycles. The Hall–Kier alpha value is -2.53. The summed E-state index contributed by atoms with van der Waals surface area (Å²) in [4.78, 5) is 12.3. The first-order chi connectivity index (χ1) is 13.8. The molecule has 1 atom stereocenters. The van der Waals surface area contributed by atoms with Crippen molar-refractivity contribution in [3.8, 4) is 5.75 Å². The van der Waals surface area contributed by atoms with Gasteiger partial charge in [-0.05, 0) is 36.8 Å². The van der Waals surface area contributed by atoms with Gasteiger partial charge in [0.25, 0.3) is 15.9 Å². The molecule has 152 valence electrons. The standard InChI is InChI=1S/C18H17ClN4O4S2/c1-11(12-7-9-13(27-2)10-8-12)23-29(25,26)18-22-21-17(28-18)20-16(24)14-5-3-4-6-15(14)19/h3-11,23H,1-2H3,(H,20,21,24)/t11-/m1/s1. The molecule has 0 bridgehead atoms. The normalized spacial score (nSPS) is 12.4. The van der Waals surface area contributed by atoms with Gasteiger partial charge >= 0.3 is 0 Å². The number of methoxy groups -OCH3 is 1. The van der Waals surface area contributed by atoms with E-state index in [1.54, 1.807) is 62.6 Å². The number of sulfonamides is 1. The van der Waals surface area contributed by atoms with Crippen LogP contribution in [0.5, 0.6) is 5.75 Å². The van der Waals surface area contributed by atoms with E-state index in [9.17, 15) is 13.2 Å². The molecule has 11 heteroatoms. The van der Waals surface area contributed by atoms with Crippen molar-refractivity contribution in [3.63, 3.8) is 0 Å². The smallest absolute Gasteiger partial charge is 0.270 e. The van der Waals surface area contributed by atoms with Crippen LogP contribution in [0.3, 0.4) is 0 Å². The summed E-state index contributed by atoms with van der Waals surface area (Å²) in [5.41, 5.74) is 1.01. The summed E-state index contributed by atoms with van der Waals surface area (Å²) in [5.74, 6) is 0.169. The van der Waals surface area contributed by atoms with Crippen molar-refractivity contribution in [1.29, 1.82) is 0 Å². The van der Waals surface area contributed by atoms with E-state index >= 15 is 0 Å². The number of aromatic nitrogens is 2. The minimum Gasteiger partial charge on any atom is -0.497 e. The number of nitrogens with one attached hydrogen (secondary N) is 2. The highest BCUT2D eigenvalue weighted by molar-refractivity contribution is 7.91. The van der Waals surface area contributed by atoms with Gasteiger partial charge in [0.15, 0.2) is 0 Å². The van der Waals surface area contributed by atoms with Crippen molar-refractivity contribution < 1.29 is 17.9 Å². The van der Waals surface area contributed by atoms with Gasteiger partial charge in [-0.2, -0.15) is 0 Å². The fourth-order valence-corrected chi connectivity index (χ4v) is 4.79. The number of nitrogens with zero attached hydrogens (tertiary/aromatic N) is 2. The van der Waals surface area contributed by atoms with Gasteiger partial charge in [-0.15, -0.1) is 10.2 Å². The summed E-state index contributed by atoms with van der Waals surface area (Å²) >= 11 is 6.73. The SMILES string of the molecule is COc1ccc([C@@H](C)NS(=O)(=O)c2nnc(NC(=O)c3ccccc3Cl)s2)cc1. The van der Waals surface area contributed by atoms with Crippen molar-refractivity contribution in [2.45, 2.75) is 17.3 Å². The van der Waals surface area contributed by atoms with Crippen LogP contribution in [-0.2, 0) is 10.0 Å². The third kappa shape index (κ3) is 5.10. The molecule has 0 saturated heterocycles. The molecule has 0 aliphatic rings.